The molecule has 1 nitrogen and oxygen atoms in total. The number of benzene rings is 1. The Morgan fingerprint density at radius 2 is 2.19 bits per heavy atom. The van der Waals surface area contributed by atoms with Gasteiger partial charge in [0.15, 0.2) is 0 Å². The van der Waals surface area contributed by atoms with Gasteiger partial charge in [-0.15, -0.1) is 11.3 Å². The smallest absolute Gasteiger partial charge is 0.147 e. The Kier molecular flexibility index (Phi) is 3.84. The maximum absolute atomic E-state index is 13.4. The molecule has 1 heterocycles. The van der Waals surface area contributed by atoms with Crippen LogP contribution in [0.15, 0.2) is 34.1 Å². The fourth-order valence-electron chi connectivity index (χ4n) is 1.26. The van der Waals surface area contributed by atoms with Crippen LogP contribution in [0.3, 0.4) is 0 Å². The molecule has 0 aliphatic rings. The van der Waals surface area contributed by atoms with Crippen molar-refractivity contribution in [3.05, 3.63) is 49.8 Å². The summed E-state index contributed by atoms with van der Waals surface area (Å²) in [5.74, 6) is -0.333. The molecule has 2 rings (SSSR count). The summed E-state index contributed by atoms with van der Waals surface area (Å²) < 4.78 is 14.5. The summed E-state index contributed by atoms with van der Waals surface area (Å²) in [5.41, 5.74) is 0.463. The second-order valence-corrected chi connectivity index (χ2v) is 5.46. The maximum Gasteiger partial charge on any atom is 0.147 e. The predicted molar refractivity (Wildman–Crippen MR) is 70.8 cm³/mol. The van der Waals surface area contributed by atoms with Gasteiger partial charge in [-0.25, -0.2) is 4.39 Å². The van der Waals surface area contributed by atoms with Crippen molar-refractivity contribution in [2.45, 2.75) is 6.54 Å². The molecule has 1 aromatic carbocycles. The van der Waals surface area contributed by atoms with Crippen LogP contribution in [0.2, 0.25) is 5.02 Å². The summed E-state index contributed by atoms with van der Waals surface area (Å²) in [5, 5.41) is 5.42. The van der Waals surface area contributed by atoms with Gasteiger partial charge < -0.3 is 5.32 Å². The van der Waals surface area contributed by atoms with Crippen LogP contribution in [-0.2, 0) is 6.54 Å². The van der Waals surface area contributed by atoms with E-state index in [0.717, 1.165) is 9.35 Å². The van der Waals surface area contributed by atoms with Gasteiger partial charge in [0.25, 0.3) is 0 Å². The van der Waals surface area contributed by atoms with Gasteiger partial charge in [0, 0.05) is 14.4 Å². The van der Waals surface area contributed by atoms with E-state index in [9.17, 15) is 4.39 Å². The van der Waals surface area contributed by atoms with Gasteiger partial charge in [0.1, 0.15) is 5.82 Å². The summed E-state index contributed by atoms with van der Waals surface area (Å²) in [6.45, 7) is 0.594. The molecular formula is C11H8BrClFNS. The number of hydrogen-bond donors (Lipinski definition) is 1. The molecule has 0 spiro atoms. The highest BCUT2D eigenvalue weighted by Gasteiger charge is 2.04. The lowest BCUT2D eigenvalue weighted by molar-refractivity contribution is 0.630. The van der Waals surface area contributed by atoms with E-state index in [0.29, 0.717) is 17.3 Å². The first kappa shape index (κ1) is 11.9. The molecule has 0 aliphatic heterocycles. The molecule has 2 aromatic rings. The molecule has 5 heteroatoms. The minimum atomic E-state index is -0.333. The molecule has 0 saturated carbocycles. The SMILES string of the molecule is Fc1cc(Cl)ccc1NCc1sccc1Br. The van der Waals surface area contributed by atoms with E-state index >= 15 is 0 Å². The molecule has 0 saturated heterocycles. The molecule has 0 unspecified atom stereocenters. The normalized spacial score (nSPS) is 10.4. The molecule has 1 aromatic heterocycles. The number of nitrogens with one attached hydrogen (secondary N) is 1. The second-order valence-electron chi connectivity index (χ2n) is 3.17. The topological polar surface area (TPSA) is 12.0 Å². The third kappa shape index (κ3) is 2.75. The molecule has 0 amide bonds. The van der Waals surface area contributed by atoms with Gasteiger partial charge in [-0.2, -0.15) is 0 Å². The summed E-state index contributed by atoms with van der Waals surface area (Å²) in [7, 11) is 0. The van der Waals surface area contributed by atoms with Crippen LogP contribution in [0.1, 0.15) is 4.88 Å². The molecular weight excluding hydrogens is 313 g/mol. The highest BCUT2D eigenvalue weighted by molar-refractivity contribution is 9.10. The third-order valence-corrected chi connectivity index (χ3v) is 4.22. The second kappa shape index (κ2) is 5.17. The average molecular weight is 321 g/mol. The van der Waals surface area contributed by atoms with Crippen LogP contribution in [-0.4, -0.2) is 0 Å². The monoisotopic (exact) mass is 319 g/mol. The van der Waals surface area contributed by atoms with Crippen molar-refractivity contribution in [1.82, 2.24) is 0 Å². The molecule has 84 valence electrons. The van der Waals surface area contributed by atoms with Crippen molar-refractivity contribution in [3.8, 4) is 0 Å². The molecule has 0 aliphatic carbocycles. The van der Waals surface area contributed by atoms with Crippen molar-refractivity contribution in [2.24, 2.45) is 0 Å². The van der Waals surface area contributed by atoms with Crippen LogP contribution in [0.25, 0.3) is 0 Å². The summed E-state index contributed by atoms with van der Waals surface area (Å²) in [6.07, 6.45) is 0. The summed E-state index contributed by atoms with van der Waals surface area (Å²) in [6, 6.07) is 6.57. The van der Waals surface area contributed by atoms with E-state index in [1.54, 1.807) is 23.5 Å². The summed E-state index contributed by atoms with van der Waals surface area (Å²) >= 11 is 10.7. The lowest BCUT2D eigenvalue weighted by Crippen LogP contribution is -2.00. The predicted octanol–water partition coefficient (Wildman–Crippen LogP) is 4.92. The number of hydrogen-bond acceptors (Lipinski definition) is 2. The molecule has 0 radical (unpaired) electrons. The third-order valence-electron chi connectivity index (χ3n) is 2.06. The van der Waals surface area contributed by atoms with E-state index in [-0.39, 0.29) is 5.82 Å². The Morgan fingerprint density at radius 1 is 1.38 bits per heavy atom. The van der Waals surface area contributed by atoms with Crippen molar-refractivity contribution in [2.75, 3.05) is 5.32 Å². The van der Waals surface area contributed by atoms with E-state index < -0.39 is 0 Å². The zero-order chi connectivity index (χ0) is 11.5. The van der Waals surface area contributed by atoms with Crippen LogP contribution in [0.5, 0.6) is 0 Å². The number of halogens is 3. The standard InChI is InChI=1S/C11H8BrClFNS/c12-8-3-4-16-11(8)6-15-10-2-1-7(13)5-9(10)14/h1-5,15H,6H2. The first-order valence-corrected chi connectivity index (χ1v) is 6.62. The van der Waals surface area contributed by atoms with Gasteiger partial charge in [0.05, 0.1) is 12.2 Å². The van der Waals surface area contributed by atoms with Gasteiger partial charge in [-0.3, -0.25) is 0 Å². The zero-order valence-electron chi connectivity index (χ0n) is 8.14. The van der Waals surface area contributed by atoms with Gasteiger partial charge >= 0.3 is 0 Å². The number of thiophene rings is 1. The molecule has 16 heavy (non-hydrogen) atoms. The Balaban J connectivity index is 2.08. The molecule has 1 N–H and O–H groups in total. The minimum Gasteiger partial charge on any atom is -0.378 e. The van der Waals surface area contributed by atoms with Crippen molar-refractivity contribution < 1.29 is 4.39 Å². The Bertz CT molecular complexity index is 500. The number of anilines is 1. The Morgan fingerprint density at radius 3 is 2.81 bits per heavy atom. The lowest BCUT2D eigenvalue weighted by Gasteiger charge is -2.06. The van der Waals surface area contributed by atoms with Crippen LogP contribution in [0, 0.1) is 5.82 Å². The maximum atomic E-state index is 13.4. The van der Waals surface area contributed by atoms with E-state index in [1.165, 1.54) is 6.07 Å². The largest absolute Gasteiger partial charge is 0.378 e. The van der Waals surface area contributed by atoms with Crippen LogP contribution in [0.4, 0.5) is 10.1 Å². The molecule has 0 bridgehead atoms. The Labute approximate surface area is 110 Å². The first-order chi connectivity index (χ1) is 7.66. The number of rotatable bonds is 3. The minimum absolute atomic E-state index is 0.333. The van der Waals surface area contributed by atoms with E-state index in [4.69, 9.17) is 11.6 Å². The fourth-order valence-corrected chi connectivity index (χ4v) is 2.85. The molecule has 0 atom stereocenters. The van der Waals surface area contributed by atoms with Crippen LogP contribution < -0.4 is 5.32 Å². The van der Waals surface area contributed by atoms with E-state index in [1.807, 2.05) is 11.4 Å². The van der Waals surface area contributed by atoms with Crippen molar-refractivity contribution in [3.63, 3.8) is 0 Å². The molecule has 0 fully saturated rings. The highest BCUT2D eigenvalue weighted by atomic mass is 79.9. The summed E-state index contributed by atoms with van der Waals surface area (Å²) in [4.78, 5) is 1.13. The first-order valence-electron chi connectivity index (χ1n) is 4.57. The van der Waals surface area contributed by atoms with Crippen molar-refractivity contribution in [1.29, 1.82) is 0 Å². The lowest BCUT2D eigenvalue weighted by atomic mass is 10.3. The zero-order valence-corrected chi connectivity index (χ0v) is 11.3. The van der Waals surface area contributed by atoms with E-state index in [2.05, 4.69) is 21.2 Å². The van der Waals surface area contributed by atoms with Crippen molar-refractivity contribution >= 4 is 44.6 Å². The average Bonchev–Trinajstić information content (AvgIpc) is 2.63. The Hall–Kier alpha value is -0.580. The fraction of sp³-hybridized carbons (Fsp3) is 0.0909. The van der Waals surface area contributed by atoms with Gasteiger partial charge in [-0.1, -0.05) is 11.6 Å². The van der Waals surface area contributed by atoms with Gasteiger partial charge in [-0.05, 0) is 45.6 Å². The van der Waals surface area contributed by atoms with Gasteiger partial charge in [0.2, 0.25) is 0 Å². The quantitative estimate of drug-likeness (QED) is 0.847. The highest BCUT2D eigenvalue weighted by Crippen LogP contribution is 2.25. The van der Waals surface area contributed by atoms with Crippen LogP contribution >= 0.6 is 38.9 Å².